The summed E-state index contributed by atoms with van der Waals surface area (Å²) in [5.41, 5.74) is -0.556. The highest BCUT2D eigenvalue weighted by Crippen LogP contribution is 2.22. The molecule has 1 aliphatic rings. The van der Waals surface area contributed by atoms with Gasteiger partial charge < -0.3 is 9.64 Å². The molecule has 7 nitrogen and oxygen atoms in total. The molecule has 0 bridgehead atoms. The van der Waals surface area contributed by atoms with Gasteiger partial charge in [-0.1, -0.05) is 0 Å². The number of aromatic nitrogens is 2. The fourth-order valence-electron chi connectivity index (χ4n) is 2.29. The molecule has 0 aromatic carbocycles. The highest BCUT2D eigenvalue weighted by atomic mass is 32.2. The molecule has 0 spiro atoms. The van der Waals surface area contributed by atoms with Crippen molar-refractivity contribution < 1.29 is 17.9 Å². The molecule has 122 valence electrons. The first-order valence-corrected chi connectivity index (χ1v) is 8.80. The molecule has 1 atom stereocenters. The van der Waals surface area contributed by atoms with Crippen LogP contribution in [0.3, 0.4) is 0 Å². The van der Waals surface area contributed by atoms with Gasteiger partial charge in [0.1, 0.15) is 5.60 Å². The lowest BCUT2D eigenvalue weighted by atomic mass is 10.2. The average molecular weight is 327 g/mol. The second-order valence-corrected chi connectivity index (χ2v) is 8.32. The molecule has 2 rings (SSSR count). The standard InChI is InChI=1S/C14H21N3O4S/c1-14(2,3)21-13(18)17-8-5-11(9-17)10-22(19,20)12-15-6-4-7-16-12/h4,6-7,11H,5,8-10H2,1-3H3/t11-/m0/s1. The summed E-state index contributed by atoms with van der Waals surface area (Å²) in [6, 6.07) is 1.57. The first-order valence-electron chi connectivity index (χ1n) is 7.15. The molecule has 0 N–H and O–H groups in total. The molecule has 0 radical (unpaired) electrons. The Labute approximate surface area is 130 Å². The van der Waals surface area contributed by atoms with Crippen LogP contribution in [0.2, 0.25) is 0 Å². The number of amides is 1. The second kappa shape index (κ2) is 6.20. The zero-order valence-electron chi connectivity index (χ0n) is 13.0. The third-order valence-electron chi connectivity index (χ3n) is 3.21. The van der Waals surface area contributed by atoms with E-state index in [1.165, 1.54) is 12.4 Å². The molecule has 1 saturated heterocycles. The van der Waals surface area contributed by atoms with Gasteiger partial charge in [0.25, 0.3) is 0 Å². The lowest BCUT2D eigenvalue weighted by Gasteiger charge is -2.24. The molecular weight excluding hydrogens is 306 g/mol. The molecule has 1 aromatic heterocycles. The summed E-state index contributed by atoms with van der Waals surface area (Å²) in [4.78, 5) is 21.1. The number of carbonyl (C=O) groups is 1. The number of hydrogen-bond acceptors (Lipinski definition) is 6. The number of sulfone groups is 1. The van der Waals surface area contributed by atoms with E-state index in [-0.39, 0.29) is 16.8 Å². The Hall–Kier alpha value is -1.70. The zero-order chi connectivity index (χ0) is 16.4. The molecule has 1 amide bonds. The summed E-state index contributed by atoms with van der Waals surface area (Å²) in [5.74, 6) is -0.183. The van der Waals surface area contributed by atoms with Gasteiger partial charge >= 0.3 is 6.09 Å². The van der Waals surface area contributed by atoms with Crippen LogP contribution < -0.4 is 0 Å². The predicted octanol–water partition coefficient (Wildman–Crippen LogP) is 1.51. The third-order valence-corrected chi connectivity index (χ3v) is 4.89. The number of nitrogens with zero attached hydrogens (tertiary/aromatic N) is 3. The largest absolute Gasteiger partial charge is 0.444 e. The van der Waals surface area contributed by atoms with Crippen molar-refractivity contribution in [2.45, 2.75) is 37.9 Å². The first-order chi connectivity index (χ1) is 10.2. The van der Waals surface area contributed by atoms with Crippen molar-refractivity contribution in [3.8, 4) is 0 Å². The van der Waals surface area contributed by atoms with Crippen LogP contribution in [-0.4, -0.2) is 53.8 Å². The van der Waals surface area contributed by atoms with Crippen molar-refractivity contribution in [3.05, 3.63) is 18.5 Å². The van der Waals surface area contributed by atoms with Crippen molar-refractivity contribution in [2.75, 3.05) is 18.8 Å². The quantitative estimate of drug-likeness (QED) is 0.782. The van der Waals surface area contributed by atoms with Gasteiger partial charge in [-0.15, -0.1) is 0 Å². The van der Waals surface area contributed by atoms with E-state index in [0.717, 1.165) is 0 Å². The van der Waals surface area contributed by atoms with Gasteiger partial charge in [-0.3, -0.25) is 0 Å². The Balaban J connectivity index is 1.95. The van der Waals surface area contributed by atoms with E-state index in [9.17, 15) is 13.2 Å². The Morgan fingerprint density at radius 3 is 2.59 bits per heavy atom. The molecule has 1 fully saturated rings. The van der Waals surface area contributed by atoms with Crippen LogP contribution in [0.15, 0.2) is 23.6 Å². The molecule has 22 heavy (non-hydrogen) atoms. The fraction of sp³-hybridized carbons (Fsp3) is 0.643. The van der Waals surface area contributed by atoms with Crippen molar-refractivity contribution in [1.82, 2.24) is 14.9 Å². The van der Waals surface area contributed by atoms with Crippen molar-refractivity contribution >= 4 is 15.9 Å². The highest BCUT2D eigenvalue weighted by molar-refractivity contribution is 7.91. The summed E-state index contributed by atoms with van der Waals surface area (Å²) in [5, 5.41) is -0.161. The van der Waals surface area contributed by atoms with Gasteiger partial charge in [-0.05, 0) is 39.2 Å². The van der Waals surface area contributed by atoms with Gasteiger partial charge in [0.15, 0.2) is 0 Å². The summed E-state index contributed by atoms with van der Waals surface area (Å²) in [6.45, 7) is 6.28. The minimum atomic E-state index is -3.53. The lowest BCUT2D eigenvalue weighted by molar-refractivity contribution is 0.0289. The average Bonchev–Trinajstić information content (AvgIpc) is 2.86. The second-order valence-electron chi connectivity index (χ2n) is 6.39. The number of hydrogen-bond donors (Lipinski definition) is 0. The smallest absolute Gasteiger partial charge is 0.410 e. The third kappa shape index (κ3) is 4.40. The van der Waals surface area contributed by atoms with E-state index in [1.807, 2.05) is 0 Å². The molecule has 1 aliphatic heterocycles. The Kier molecular flexibility index (Phi) is 4.69. The number of likely N-dealkylation sites (tertiary alicyclic amines) is 1. The molecule has 2 heterocycles. The van der Waals surface area contributed by atoms with Gasteiger partial charge in [0, 0.05) is 25.5 Å². The maximum atomic E-state index is 12.2. The number of carbonyl (C=O) groups excluding carboxylic acids is 1. The SMILES string of the molecule is CC(C)(C)OC(=O)N1CC[C@H](CS(=O)(=O)c2ncccn2)C1. The van der Waals surface area contributed by atoms with Crippen LogP contribution in [0.4, 0.5) is 4.79 Å². The molecule has 8 heteroatoms. The Bertz CT molecular complexity index is 625. The number of rotatable bonds is 3. The zero-order valence-corrected chi connectivity index (χ0v) is 13.8. The monoisotopic (exact) mass is 327 g/mol. The van der Waals surface area contributed by atoms with Crippen LogP contribution in [-0.2, 0) is 14.6 Å². The Morgan fingerprint density at radius 2 is 2.00 bits per heavy atom. The van der Waals surface area contributed by atoms with E-state index >= 15 is 0 Å². The van der Waals surface area contributed by atoms with Crippen LogP contribution in [0.25, 0.3) is 0 Å². The minimum Gasteiger partial charge on any atom is -0.444 e. The number of ether oxygens (including phenoxy) is 1. The van der Waals surface area contributed by atoms with Crippen LogP contribution >= 0.6 is 0 Å². The van der Waals surface area contributed by atoms with E-state index in [0.29, 0.717) is 19.5 Å². The summed E-state index contributed by atoms with van der Waals surface area (Å²) in [6.07, 6.45) is 3.04. The molecule has 0 saturated carbocycles. The van der Waals surface area contributed by atoms with Crippen molar-refractivity contribution in [2.24, 2.45) is 5.92 Å². The van der Waals surface area contributed by atoms with Crippen molar-refractivity contribution in [1.29, 1.82) is 0 Å². The van der Waals surface area contributed by atoms with Gasteiger partial charge in [-0.25, -0.2) is 23.2 Å². The minimum absolute atomic E-state index is 0.0592. The summed E-state index contributed by atoms with van der Waals surface area (Å²) < 4.78 is 29.8. The van der Waals surface area contributed by atoms with Crippen LogP contribution in [0.5, 0.6) is 0 Å². The molecule has 1 aromatic rings. The predicted molar refractivity (Wildman–Crippen MR) is 80.0 cm³/mol. The molecular formula is C14H21N3O4S. The Morgan fingerprint density at radius 1 is 1.36 bits per heavy atom. The normalized spacial score (nSPS) is 19.2. The van der Waals surface area contributed by atoms with E-state index in [2.05, 4.69) is 9.97 Å². The van der Waals surface area contributed by atoms with E-state index < -0.39 is 21.5 Å². The summed E-state index contributed by atoms with van der Waals surface area (Å²) >= 11 is 0. The van der Waals surface area contributed by atoms with Gasteiger partial charge in [-0.2, -0.15) is 0 Å². The lowest BCUT2D eigenvalue weighted by Crippen LogP contribution is -2.35. The van der Waals surface area contributed by atoms with Crippen molar-refractivity contribution in [3.63, 3.8) is 0 Å². The molecule has 0 unspecified atom stereocenters. The van der Waals surface area contributed by atoms with E-state index in [1.54, 1.807) is 31.7 Å². The fourth-order valence-corrected chi connectivity index (χ4v) is 3.78. The summed E-state index contributed by atoms with van der Waals surface area (Å²) in [7, 11) is -3.53. The topological polar surface area (TPSA) is 89.5 Å². The van der Waals surface area contributed by atoms with Gasteiger partial charge in [0.2, 0.25) is 15.0 Å². The van der Waals surface area contributed by atoms with Gasteiger partial charge in [0.05, 0.1) is 5.75 Å². The van der Waals surface area contributed by atoms with E-state index in [4.69, 9.17) is 4.74 Å². The maximum absolute atomic E-state index is 12.2. The van der Waals surface area contributed by atoms with Crippen LogP contribution in [0.1, 0.15) is 27.2 Å². The first kappa shape index (κ1) is 16.7. The van der Waals surface area contributed by atoms with Crippen LogP contribution in [0, 0.1) is 5.92 Å². The molecule has 0 aliphatic carbocycles. The maximum Gasteiger partial charge on any atom is 0.410 e. The highest BCUT2D eigenvalue weighted by Gasteiger charge is 2.33.